The molecule has 0 bridgehead atoms. The van der Waals surface area contributed by atoms with Gasteiger partial charge in [-0.25, -0.2) is 4.39 Å². The summed E-state index contributed by atoms with van der Waals surface area (Å²) in [4.78, 5) is 3.68. The Bertz CT molecular complexity index is 942. The van der Waals surface area contributed by atoms with Gasteiger partial charge in [-0.2, -0.15) is 0 Å². The lowest BCUT2D eigenvalue weighted by molar-refractivity contribution is 0.199. The second kappa shape index (κ2) is 9.65. The number of hydrogen-bond acceptors (Lipinski definition) is 4. The van der Waals surface area contributed by atoms with Gasteiger partial charge in [0.15, 0.2) is 0 Å². The van der Waals surface area contributed by atoms with Gasteiger partial charge in [0.05, 0.1) is 0 Å². The first kappa shape index (κ1) is 20.9. The fraction of sp³-hybridized carbons (Fsp3) is 0.280. The normalized spacial score (nSPS) is 17.1. The van der Waals surface area contributed by atoms with E-state index in [2.05, 4.69) is 77.0 Å². The molecule has 1 N–H and O–H groups in total. The molecule has 0 amide bonds. The zero-order chi connectivity index (χ0) is 20.9. The van der Waals surface area contributed by atoms with E-state index in [9.17, 15) is 4.39 Å². The standard InChI is InChI=1S/C25H28FN3S/c1-19-17-29(16-15-27-19)18-20-3-11-24(12-4-20)28(2)30-25-13-7-22(8-14-25)21-5-9-23(26)10-6-21/h3-14,19,27H,15-18H2,1-2H3. The van der Waals surface area contributed by atoms with Gasteiger partial charge < -0.3 is 9.62 Å². The average Bonchev–Trinajstić information content (AvgIpc) is 2.75. The van der Waals surface area contributed by atoms with Gasteiger partial charge in [-0.1, -0.05) is 36.4 Å². The minimum Gasteiger partial charge on any atom is -0.315 e. The Hall–Kier alpha value is -2.34. The molecule has 5 heteroatoms. The Labute approximate surface area is 183 Å². The largest absolute Gasteiger partial charge is 0.315 e. The van der Waals surface area contributed by atoms with Gasteiger partial charge in [0.1, 0.15) is 5.82 Å². The highest BCUT2D eigenvalue weighted by Crippen LogP contribution is 2.29. The molecule has 1 saturated heterocycles. The first-order chi connectivity index (χ1) is 14.6. The van der Waals surface area contributed by atoms with Crippen LogP contribution in [-0.4, -0.2) is 37.6 Å². The van der Waals surface area contributed by atoms with E-state index in [4.69, 9.17) is 0 Å². The van der Waals surface area contributed by atoms with Crippen LogP contribution >= 0.6 is 11.9 Å². The Kier molecular flexibility index (Phi) is 6.72. The van der Waals surface area contributed by atoms with Crippen molar-refractivity contribution in [3.05, 3.63) is 84.2 Å². The van der Waals surface area contributed by atoms with Crippen molar-refractivity contribution in [1.29, 1.82) is 0 Å². The maximum Gasteiger partial charge on any atom is 0.123 e. The second-order valence-electron chi connectivity index (χ2n) is 7.88. The maximum atomic E-state index is 13.1. The molecule has 3 nitrogen and oxygen atoms in total. The van der Waals surface area contributed by atoms with Crippen molar-refractivity contribution in [3.8, 4) is 11.1 Å². The Morgan fingerprint density at radius 3 is 2.23 bits per heavy atom. The van der Waals surface area contributed by atoms with E-state index in [1.54, 1.807) is 11.9 Å². The van der Waals surface area contributed by atoms with Crippen molar-refractivity contribution in [1.82, 2.24) is 10.2 Å². The highest BCUT2D eigenvalue weighted by molar-refractivity contribution is 8.00. The summed E-state index contributed by atoms with van der Waals surface area (Å²) in [6.07, 6.45) is 0. The second-order valence-corrected chi connectivity index (χ2v) is 9.08. The molecular weight excluding hydrogens is 393 g/mol. The van der Waals surface area contributed by atoms with Gasteiger partial charge in [-0.3, -0.25) is 4.90 Å². The van der Waals surface area contributed by atoms with Gasteiger partial charge in [0, 0.05) is 49.9 Å². The summed E-state index contributed by atoms with van der Waals surface area (Å²) in [6.45, 7) is 6.53. The van der Waals surface area contributed by atoms with Crippen LogP contribution in [-0.2, 0) is 6.54 Å². The lowest BCUT2D eigenvalue weighted by Crippen LogP contribution is -2.48. The molecule has 1 aliphatic rings. The molecule has 1 fully saturated rings. The van der Waals surface area contributed by atoms with Gasteiger partial charge >= 0.3 is 0 Å². The monoisotopic (exact) mass is 421 g/mol. The quantitative estimate of drug-likeness (QED) is 0.535. The molecule has 0 radical (unpaired) electrons. The van der Waals surface area contributed by atoms with E-state index in [1.165, 1.54) is 28.3 Å². The van der Waals surface area contributed by atoms with Crippen LogP contribution in [0.4, 0.5) is 10.1 Å². The van der Waals surface area contributed by atoms with Crippen LogP contribution in [0.2, 0.25) is 0 Å². The Morgan fingerprint density at radius 2 is 1.60 bits per heavy atom. The molecule has 1 heterocycles. The number of hydrogen-bond donors (Lipinski definition) is 1. The first-order valence-corrected chi connectivity index (χ1v) is 11.2. The number of piperazine rings is 1. The minimum atomic E-state index is -0.207. The summed E-state index contributed by atoms with van der Waals surface area (Å²) in [5, 5.41) is 3.49. The van der Waals surface area contributed by atoms with E-state index in [0.717, 1.165) is 37.3 Å². The van der Waals surface area contributed by atoms with Crippen LogP contribution in [0.5, 0.6) is 0 Å². The molecule has 1 atom stereocenters. The summed E-state index contributed by atoms with van der Waals surface area (Å²) in [5.74, 6) is -0.207. The summed E-state index contributed by atoms with van der Waals surface area (Å²) in [7, 11) is 2.09. The highest BCUT2D eigenvalue weighted by atomic mass is 32.2. The van der Waals surface area contributed by atoms with Crippen LogP contribution in [0.15, 0.2) is 77.7 Å². The predicted octanol–water partition coefficient (Wildman–Crippen LogP) is 5.43. The Balaban J connectivity index is 1.35. The van der Waals surface area contributed by atoms with Gasteiger partial charge in [0.25, 0.3) is 0 Å². The van der Waals surface area contributed by atoms with Gasteiger partial charge in [-0.15, -0.1) is 0 Å². The van der Waals surface area contributed by atoms with E-state index >= 15 is 0 Å². The van der Waals surface area contributed by atoms with Crippen molar-refractivity contribution in [2.75, 3.05) is 31.0 Å². The molecule has 0 aliphatic carbocycles. The summed E-state index contributed by atoms with van der Waals surface area (Å²) in [6, 6.07) is 24.4. The van der Waals surface area contributed by atoms with Crippen molar-refractivity contribution in [3.63, 3.8) is 0 Å². The highest BCUT2D eigenvalue weighted by Gasteiger charge is 2.15. The van der Waals surface area contributed by atoms with Crippen molar-refractivity contribution in [2.24, 2.45) is 0 Å². The molecule has 3 aromatic rings. The van der Waals surface area contributed by atoms with Crippen molar-refractivity contribution in [2.45, 2.75) is 24.4 Å². The fourth-order valence-electron chi connectivity index (χ4n) is 3.79. The number of nitrogens with one attached hydrogen (secondary N) is 1. The van der Waals surface area contributed by atoms with Gasteiger partial charge in [0.2, 0.25) is 0 Å². The number of anilines is 1. The third kappa shape index (κ3) is 5.42. The predicted molar refractivity (Wildman–Crippen MR) is 125 cm³/mol. The Morgan fingerprint density at radius 1 is 0.967 bits per heavy atom. The number of rotatable bonds is 6. The van der Waals surface area contributed by atoms with Crippen LogP contribution < -0.4 is 9.62 Å². The molecule has 30 heavy (non-hydrogen) atoms. The zero-order valence-electron chi connectivity index (χ0n) is 17.5. The smallest absolute Gasteiger partial charge is 0.123 e. The van der Waals surface area contributed by atoms with Crippen LogP contribution in [0.1, 0.15) is 12.5 Å². The summed E-state index contributed by atoms with van der Waals surface area (Å²) < 4.78 is 15.3. The third-order valence-electron chi connectivity index (χ3n) is 5.43. The van der Waals surface area contributed by atoms with E-state index < -0.39 is 0 Å². The van der Waals surface area contributed by atoms with E-state index in [1.807, 2.05) is 12.1 Å². The molecule has 0 saturated carbocycles. The van der Waals surface area contributed by atoms with Crippen molar-refractivity contribution >= 4 is 17.6 Å². The third-order valence-corrected chi connectivity index (χ3v) is 6.40. The maximum absolute atomic E-state index is 13.1. The average molecular weight is 422 g/mol. The first-order valence-electron chi connectivity index (χ1n) is 10.4. The number of benzene rings is 3. The molecule has 156 valence electrons. The number of halogens is 1. The molecule has 1 unspecified atom stereocenters. The topological polar surface area (TPSA) is 18.5 Å². The SMILES string of the molecule is CC1CN(Cc2ccc(N(C)Sc3ccc(-c4ccc(F)cc4)cc3)cc2)CCN1. The molecule has 3 aromatic carbocycles. The molecule has 1 aliphatic heterocycles. The molecule has 0 spiro atoms. The van der Waals surface area contributed by atoms with E-state index in [0.29, 0.717) is 6.04 Å². The molecule has 4 rings (SSSR count). The summed E-state index contributed by atoms with van der Waals surface area (Å²) >= 11 is 1.70. The van der Waals surface area contributed by atoms with Crippen LogP contribution in [0.3, 0.4) is 0 Å². The van der Waals surface area contributed by atoms with Crippen molar-refractivity contribution < 1.29 is 4.39 Å². The molecule has 0 aromatic heterocycles. The van der Waals surface area contributed by atoms with Crippen LogP contribution in [0, 0.1) is 5.82 Å². The van der Waals surface area contributed by atoms with E-state index in [-0.39, 0.29) is 5.82 Å². The van der Waals surface area contributed by atoms with Gasteiger partial charge in [-0.05, 0) is 72.0 Å². The fourth-order valence-corrected chi connectivity index (χ4v) is 4.59. The minimum absolute atomic E-state index is 0.207. The lowest BCUT2D eigenvalue weighted by Gasteiger charge is -2.31. The number of nitrogens with zero attached hydrogens (tertiary/aromatic N) is 2. The lowest BCUT2D eigenvalue weighted by atomic mass is 10.1. The molecular formula is C25H28FN3S. The zero-order valence-corrected chi connectivity index (χ0v) is 18.3. The summed E-state index contributed by atoms with van der Waals surface area (Å²) in [5.41, 5.74) is 4.65. The van der Waals surface area contributed by atoms with Crippen LogP contribution in [0.25, 0.3) is 11.1 Å².